The molecule has 3 aromatic rings. The summed E-state index contributed by atoms with van der Waals surface area (Å²) < 4.78 is 2.14. The summed E-state index contributed by atoms with van der Waals surface area (Å²) >= 11 is 0.986. The van der Waals surface area contributed by atoms with Gasteiger partial charge in [-0.05, 0) is 43.0 Å². The highest BCUT2D eigenvalue weighted by atomic mass is 32.2. The van der Waals surface area contributed by atoms with Gasteiger partial charge in [0.15, 0.2) is 0 Å². The molecule has 0 atom stereocenters. The van der Waals surface area contributed by atoms with Crippen LogP contribution in [0.25, 0.3) is 17.0 Å². The van der Waals surface area contributed by atoms with Crippen LogP contribution in [0.3, 0.4) is 0 Å². The number of carbonyl (C=O) groups excluding carboxylic acids is 2. The lowest BCUT2D eigenvalue weighted by atomic mass is 10.1. The van der Waals surface area contributed by atoms with Crippen LogP contribution in [0.15, 0.2) is 65.7 Å². The molecule has 1 saturated heterocycles. The zero-order valence-corrected chi connectivity index (χ0v) is 14.5. The average molecular weight is 348 g/mol. The van der Waals surface area contributed by atoms with Gasteiger partial charge in [-0.15, -0.1) is 0 Å². The van der Waals surface area contributed by atoms with Gasteiger partial charge in [0.1, 0.15) is 0 Å². The predicted molar refractivity (Wildman–Crippen MR) is 103 cm³/mol. The first kappa shape index (κ1) is 15.7. The van der Waals surface area contributed by atoms with Crippen LogP contribution in [0, 0.1) is 0 Å². The molecule has 0 saturated carbocycles. The van der Waals surface area contributed by atoms with Gasteiger partial charge in [0, 0.05) is 29.2 Å². The maximum atomic E-state index is 12.7. The lowest BCUT2D eigenvalue weighted by Gasteiger charge is -2.11. The summed E-state index contributed by atoms with van der Waals surface area (Å²) in [5, 5.41) is 0.817. The predicted octanol–water partition coefficient (Wildman–Crippen LogP) is 4.90. The summed E-state index contributed by atoms with van der Waals surface area (Å²) in [5.74, 6) is -0.269. The van der Waals surface area contributed by atoms with Crippen molar-refractivity contribution in [2.24, 2.45) is 0 Å². The molecular weight excluding hydrogens is 332 g/mol. The molecule has 0 N–H and O–H groups in total. The van der Waals surface area contributed by atoms with Crippen molar-refractivity contribution in [2.45, 2.75) is 13.5 Å². The maximum absolute atomic E-state index is 12.7. The molecule has 1 aliphatic heterocycles. The highest BCUT2D eigenvalue weighted by Crippen LogP contribution is 2.36. The molecule has 1 fully saturated rings. The summed E-state index contributed by atoms with van der Waals surface area (Å²) in [4.78, 5) is 26.8. The van der Waals surface area contributed by atoms with E-state index in [1.807, 2.05) is 48.7 Å². The van der Waals surface area contributed by atoms with E-state index >= 15 is 0 Å². The fourth-order valence-electron chi connectivity index (χ4n) is 3.06. The van der Waals surface area contributed by atoms with Crippen molar-refractivity contribution in [3.05, 3.63) is 71.3 Å². The molecule has 0 radical (unpaired) electrons. The number of aryl methyl sites for hydroxylation is 1. The van der Waals surface area contributed by atoms with Crippen LogP contribution in [-0.2, 0) is 11.3 Å². The van der Waals surface area contributed by atoms with Gasteiger partial charge >= 0.3 is 0 Å². The summed E-state index contributed by atoms with van der Waals surface area (Å²) in [6.45, 7) is 2.93. The quantitative estimate of drug-likeness (QED) is 0.632. The third-order valence-electron chi connectivity index (χ3n) is 4.25. The van der Waals surface area contributed by atoms with E-state index in [2.05, 4.69) is 17.6 Å². The Labute approximate surface area is 149 Å². The average Bonchev–Trinajstić information content (AvgIpc) is 3.13. The first-order valence-corrected chi connectivity index (χ1v) is 8.91. The Morgan fingerprint density at radius 1 is 1.00 bits per heavy atom. The zero-order valence-electron chi connectivity index (χ0n) is 13.7. The lowest BCUT2D eigenvalue weighted by Crippen LogP contribution is -2.27. The molecule has 2 heterocycles. The first-order chi connectivity index (χ1) is 12.2. The van der Waals surface area contributed by atoms with E-state index < -0.39 is 0 Å². The third kappa shape index (κ3) is 2.66. The number of anilines is 1. The number of imide groups is 1. The van der Waals surface area contributed by atoms with Crippen molar-refractivity contribution in [3.8, 4) is 0 Å². The number of benzene rings is 2. The number of carbonyl (C=O) groups is 2. The van der Waals surface area contributed by atoms with Crippen molar-refractivity contribution in [1.29, 1.82) is 0 Å². The van der Waals surface area contributed by atoms with Gasteiger partial charge < -0.3 is 4.57 Å². The molecule has 1 aliphatic rings. The summed E-state index contributed by atoms with van der Waals surface area (Å²) in [6.07, 6.45) is 3.85. The van der Waals surface area contributed by atoms with E-state index in [0.717, 1.165) is 34.8 Å². The molecule has 2 aromatic carbocycles. The molecule has 124 valence electrons. The van der Waals surface area contributed by atoms with Gasteiger partial charge in [0.05, 0.1) is 10.6 Å². The van der Waals surface area contributed by atoms with Gasteiger partial charge in [-0.1, -0.05) is 36.4 Å². The van der Waals surface area contributed by atoms with Gasteiger partial charge in [-0.2, -0.15) is 0 Å². The Balaban J connectivity index is 1.76. The summed E-state index contributed by atoms with van der Waals surface area (Å²) in [5.41, 5.74) is 2.68. The Kier molecular flexibility index (Phi) is 3.93. The molecule has 25 heavy (non-hydrogen) atoms. The van der Waals surface area contributed by atoms with Gasteiger partial charge in [-0.3, -0.25) is 9.59 Å². The minimum absolute atomic E-state index is 0.262. The lowest BCUT2D eigenvalue weighted by molar-refractivity contribution is -0.113. The topological polar surface area (TPSA) is 42.3 Å². The number of rotatable bonds is 3. The van der Waals surface area contributed by atoms with Crippen LogP contribution in [0.4, 0.5) is 10.5 Å². The summed E-state index contributed by atoms with van der Waals surface area (Å²) in [6, 6.07) is 17.1. The van der Waals surface area contributed by atoms with Gasteiger partial charge in [-0.25, -0.2) is 4.90 Å². The second-order valence-electron chi connectivity index (χ2n) is 5.74. The molecular formula is C20H16N2O2S. The number of hydrogen-bond donors (Lipinski definition) is 0. The molecule has 0 spiro atoms. The standard InChI is InChI=1S/C20H16N2O2S/c1-2-21-13-14(16-10-6-7-11-17(16)21)12-18-19(23)22(20(24)25-18)15-8-4-3-5-9-15/h3-13H,2H2,1H3/b18-12-. The van der Waals surface area contributed by atoms with E-state index in [4.69, 9.17) is 0 Å². The highest BCUT2D eigenvalue weighted by Gasteiger charge is 2.36. The number of thioether (sulfide) groups is 1. The number of aromatic nitrogens is 1. The van der Waals surface area contributed by atoms with E-state index in [1.165, 1.54) is 4.90 Å². The van der Waals surface area contributed by atoms with Crippen LogP contribution in [0.5, 0.6) is 0 Å². The minimum atomic E-state index is -0.269. The zero-order chi connectivity index (χ0) is 17.4. The number of para-hydroxylation sites is 2. The Bertz CT molecular complexity index is 1000. The minimum Gasteiger partial charge on any atom is -0.347 e. The molecule has 0 unspecified atom stereocenters. The second-order valence-corrected chi connectivity index (χ2v) is 6.73. The Morgan fingerprint density at radius 3 is 2.48 bits per heavy atom. The Hall–Kier alpha value is -2.79. The fourth-order valence-corrected chi connectivity index (χ4v) is 3.89. The molecule has 2 amide bonds. The number of nitrogens with zero attached hydrogens (tertiary/aromatic N) is 2. The van der Waals surface area contributed by atoms with Crippen LogP contribution in [0.2, 0.25) is 0 Å². The molecule has 1 aromatic heterocycles. The molecule has 4 nitrogen and oxygen atoms in total. The third-order valence-corrected chi connectivity index (χ3v) is 5.12. The molecule has 4 rings (SSSR count). The van der Waals surface area contributed by atoms with Crippen LogP contribution in [-0.4, -0.2) is 15.7 Å². The van der Waals surface area contributed by atoms with Crippen molar-refractivity contribution in [3.63, 3.8) is 0 Å². The van der Waals surface area contributed by atoms with Crippen molar-refractivity contribution in [1.82, 2.24) is 4.57 Å². The largest absolute Gasteiger partial charge is 0.347 e. The normalized spacial score (nSPS) is 16.4. The van der Waals surface area contributed by atoms with E-state index in [0.29, 0.717) is 10.6 Å². The van der Waals surface area contributed by atoms with Crippen molar-refractivity contribution >= 4 is 45.6 Å². The van der Waals surface area contributed by atoms with E-state index in [9.17, 15) is 9.59 Å². The number of amides is 2. The monoisotopic (exact) mass is 348 g/mol. The smallest absolute Gasteiger partial charge is 0.298 e. The first-order valence-electron chi connectivity index (χ1n) is 8.10. The van der Waals surface area contributed by atoms with E-state index in [-0.39, 0.29) is 11.1 Å². The summed E-state index contributed by atoms with van der Waals surface area (Å²) in [7, 11) is 0. The fraction of sp³-hybridized carbons (Fsp3) is 0.100. The van der Waals surface area contributed by atoms with Crippen LogP contribution in [0.1, 0.15) is 12.5 Å². The highest BCUT2D eigenvalue weighted by molar-refractivity contribution is 8.19. The van der Waals surface area contributed by atoms with Crippen molar-refractivity contribution in [2.75, 3.05) is 4.90 Å². The SMILES string of the molecule is CCn1cc(/C=C2\SC(=O)N(c3ccccc3)C2=O)c2ccccc21. The van der Waals surface area contributed by atoms with E-state index in [1.54, 1.807) is 12.1 Å². The molecule has 0 aliphatic carbocycles. The number of hydrogen-bond acceptors (Lipinski definition) is 3. The molecule has 5 heteroatoms. The van der Waals surface area contributed by atoms with Crippen molar-refractivity contribution < 1.29 is 9.59 Å². The molecule has 0 bridgehead atoms. The van der Waals surface area contributed by atoms with Crippen LogP contribution < -0.4 is 4.90 Å². The number of fused-ring (bicyclic) bond motifs is 1. The van der Waals surface area contributed by atoms with Gasteiger partial charge in [0.25, 0.3) is 11.1 Å². The van der Waals surface area contributed by atoms with Gasteiger partial charge in [0.2, 0.25) is 0 Å². The maximum Gasteiger partial charge on any atom is 0.298 e. The van der Waals surface area contributed by atoms with Crippen LogP contribution >= 0.6 is 11.8 Å². The second kappa shape index (κ2) is 6.26. The Morgan fingerprint density at radius 2 is 1.72 bits per heavy atom.